The summed E-state index contributed by atoms with van der Waals surface area (Å²) in [6.07, 6.45) is 0. The van der Waals surface area contributed by atoms with Crippen LogP contribution in [0.15, 0.2) is 12.1 Å². The first kappa shape index (κ1) is 18.2. The molecule has 0 unspecified atom stereocenters. The van der Waals surface area contributed by atoms with Crippen LogP contribution < -0.4 is 10.5 Å². The van der Waals surface area contributed by atoms with Gasteiger partial charge >= 0.3 is 11.8 Å². The predicted molar refractivity (Wildman–Crippen MR) is 89.4 cm³/mol. The monoisotopic (exact) mass is 362 g/mol. The zero-order valence-corrected chi connectivity index (χ0v) is 14.3. The van der Waals surface area contributed by atoms with Crippen LogP contribution in [0.2, 0.25) is 0 Å². The number of hydrogen-bond donors (Lipinski definition) is 1. The lowest BCUT2D eigenvalue weighted by Gasteiger charge is -2.08. The van der Waals surface area contributed by atoms with Gasteiger partial charge in [0, 0.05) is 12.5 Å². The molecule has 0 radical (unpaired) electrons. The first-order valence-corrected chi connectivity index (χ1v) is 7.93. The molecule has 0 aromatic carbocycles. The molecule has 2 heterocycles. The highest BCUT2D eigenvalue weighted by Gasteiger charge is 2.25. The van der Waals surface area contributed by atoms with Gasteiger partial charge in [0.15, 0.2) is 0 Å². The Balaban J connectivity index is 2.37. The molecule has 0 aliphatic heterocycles. The van der Waals surface area contributed by atoms with Crippen molar-refractivity contribution in [2.24, 2.45) is 0 Å². The molecule has 0 amide bonds. The van der Waals surface area contributed by atoms with E-state index in [9.17, 15) is 20.2 Å². The number of hydrogen-bond acceptors (Lipinski definition) is 9. The van der Waals surface area contributed by atoms with Crippen LogP contribution in [0.1, 0.15) is 33.4 Å². The van der Waals surface area contributed by atoms with E-state index in [1.54, 1.807) is 19.9 Å². The number of thiophene rings is 1. The number of nitrogens with zero attached hydrogens (tertiary/aromatic N) is 3. The molecular formula is C15H14N4O5S. The summed E-state index contributed by atoms with van der Waals surface area (Å²) in [7, 11) is 0. The van der Waals surface area contributed by atoms with Crippen molar-refractivity contribution in [3.8, 4) is 11.8 Å². The molecule has 0 aliphatic rings. The maximum absolute atomic E-state index is 12.0. The van der Waals surface area contributed by atoms with Gasteiger partial charge in [-0.3, -0.25) is 0 Å². The number of aromatic nitrogens is 1. The molecule has 25 heavy (non-hydrogen) atoms. The normalized spacial score (nSPS) is 10.1. The van der Waals surface area contributed by atoms with Crippen LogP contribution in [0.25, 0.3) is 0 Å². The summed E-state index contributed by atoms with van der Waals surface area (Å²) in [5, 5.41) is 20.5. The van der Waals surface area contributed by atoms with Crippen molar-refractivity contribution in [2.45, 2.75) is 20.5 Å². The van der Waals surface area contributed by atoms with Crippen molar-refractivity contribution >= 4 is 28.1 Å². The van der Waals surface area contributed by atoms with Crippen LogP contribution in [0.5, 0.6) is 5.75 Å². The van der Waals surface area contributed by atoms with E-state index >= 15 is 0 Å². The average molecular weight is 362 g/mol. The highest BCUT2D eigenvalue weighted by molar-refractivity contribution is 7.18. The standard InChI is InChI=1S/C15H14N4O5S/c1-3-23-15(20)12-10(9(6-16)13(17)25-12)7-24-11-5-4-8(2)18-14(11)19(21)22/h4-5H,3,7,17H2,1-2H3. The number of nitriles is 1. The quantitative estimate of drug-likeness (QED) is 0.469. The molecule has 9 nitrogen and oxygen atoms in total. The minimum Gasteiger partial charge on any atom is -0.481 e. The Morgan fingerprint density at radius 2 is 2.24 bits per heavy atom. The number of nitrogens with two attached hydrogens (primary N) is 1. The summed E-state index contributed by atoms with van der Waals surface area (Å²) in [5.41, 5.74) is 6.56. The zero-order valence-electron chi connectivity index (χ0n) is 13.4. The minimum atomic E-state index is -0.665. The second-order valence-corrected chi connectivity index (χ2v) is 5.85. The highest BCUT2D eigenvalue weighted by atomic mass is 32.1. The lowest BCUT2D eigenvalue weighted by Crippen LogP contribution is -2.09. The van der Waals surface area contributed by atoms with Crippen molar-refractivity contribution < 1.29 is 19.2 Å². The predicted octanol–water partition coefficient (Wildman–Crippen LogP) is 2.57. The fourth-order valence-corrected chi connectivity index (χ4v) is 2.95. The van der Waals surface area contributed by atoms with E-state index in [-0.39, 0.29) is 40.0 Å². The molecule has 2 aromatic rings. The van der Waals surface area contributed by atoms with E-state index in [1.165, 1.54) is 6.07 Å². The molecule has 2 N–H and O–H groups in total. The third-order valence-electron chi connectivity index (χ3n) is 3.13. The van der Waals surface area contributed by atoms with Crippen LogP contribution in [0.4, 0.5) is 10.8 Å². The number of nitrogen functional groups attached to an aromatic ring is 1. The topological polar surface area (TPSA) is 141 Å². The van der Waals surface area contributed by atoms with E-state index in [1.807, 2.05) is 6.07 Å². The first-order chi connectivity index (χ1) is 11.9. The van der Waals surface area contributed by atoms with Crippen LogP contribution in [-0.4, -0.2) is 22.5 Å². The third kappa shape index (κ3) is 3.84. The van der Waals surface area contributed by atoms with Crippen LogP contribution in [-0.2, 0) is 11.3 Å². The van der Waals surface area contributed by atoms with E-state index in [0.717, 1.165) is 11.3 Å². The maximum atomic E-state index is 12.0. The summed E-state index contributed by atoms with van der Waals surface area (Å²) in [4.78, 5) is 26.4. The van der Waals surface area contributed by atoms with Gasteiger partial charge in [-0.25, -0.2) is 4.79 Å². The van der Waals surface area contributed by atoms with Gasteiger partial charge in [0.05, 0.1) is 12.2 Å². The molecule has 0 saturated heterocycles. The van der Waals surface area contributed by atoms with Crippen LogP contribution in [0.3, 0.4) is 0 Å². The van der Waals surface area contributed by atoms with Gasteiger partial charge in [-0.05, 0) is 29.0 Å². The molecule has 0 bridgehead atoms. The minimum absolute atomic E-state index is 0.0703. The largest absolute Gasteiger partial charge is 0.481 e. The molecule has 0 saturated carbocycles. The number of ether oxygens (including phenoxy) is 2. The van der Waals surface area contributed by atoms with Crippen LogP contribution in [0, 0.1) is 28.4 Å². The Morgan fingerprint density at radius 3 is 2.84 bits per heavy atom. The molecular weight excluding hydrogens is 348 g/mol. The highest BCUT2D eigenvalue weighted by Crippen LogP contribution is 2.33. The van der Waals surface area contributed by atoms with Gasteiger partial charge in [0.1, 0.15) is 28.2 Å². The number of nitro groups is 1. The number of rotatable bonds is 6. The smallest absolute Gasteiger partial charge is 0.406 e. The van der Waals surface area contributed by atoms with Gasteiger partial charge in [-0.1, -0.05) is 0 Å². The third-order valence-corrected chi connectivity index (χ3v) is 4.17. The summed E-state index contributed by atoms with van der Waals surface area (Å²) in [6.45, 7) is 3.17. The van der Waals surface area contributed by atoms with Gasteiger partial charge < -0.3 is 25.3 Å². The molecule has 130 valence electrons. The fourth-order valence-electron chi connectivity index (χ4n) is 2.03. The van der Waals surface area contributed by atoms with Crippen molar-refractivity contribution in [2.75, 3.05) is 12.3 Å². The number of pyridine rings is 1. The Labute approximate surface area is 146 Å². The molecule has 0 aliphatic carbocycles. The molecule has 0 fully saturated rings. The Bertz CT molecular complexity index is 872. The zero-order chi connectivity index (χ0) is 18.6. The van der Waals surface area contributed by atoms with Gasteiger partial charge in [0.2, 0.25) is 5.75 Å². The number of anilines is 1. The number of aryl methyl sites for hydroxylation is 1. The van der Waals surface area contributed by atoms with Crippen molar-refractivity contribution in [3.63, 3.8) is 0 Å². The number of carbonyl (C=O) groups excluding carboxylic acids is 1. The second-order valence-electron chi connectivity index (χ2n) is 4.80. The summed E-state index contributed by atoms with van der Waals surface area (Å²) in [5.74, 6) is -1.14. The maximum Gasteiger partial charge on any atom is 0.406 e. The van der Waals surface area contributed by atoms with Gasteiger partial charge in [-0.2, -0.15) is 5.26 Å². The van der Waals surface area contributed by atoms with E-state index in [4.69, 9.17) is 15.2 Å². The van der Waals surface area contributed by atoms with Crippen molar-refractivity contribution in [1.82, 2.24) is 4.98 Å². The summed E-state index contributed by atoms with van der Waals surface area (Å²) in [6, 6.07) is 4.88. The second kappa shape index (κ2) is 7.59. The van der Waals surface area contributed by atoms with Crippen molar-refractivity contribution in [1.29, 1.82) is 5.26 Å². The van der Waals surface area contributed by atoms with E-state index in [0.29, 0.717) is 5.69 Å². The Kier molecular flexibility index (Phi) is 5.51. The molecule has 10 heteroatoms. The van der Waals surface area contributed by atoms with E-state index in [2.05, 4.69) is 4.98 Å². The first-order valence-electron chi connectivity index (χ1n) is 7.12. The van der Waals surface area contributed by atoms with Crippen LogP contribution >= 0.6 is 11.3 Å². The van der Waals surface area contributed by atoms with Gasteiger partial charge in [-0.15, -0.1) is 11.3 Å². The SMILES string of the molecule is CCOC(=O)c1sc(N)c(C#N)c1COc1ccc(C)nc1[N+](=O)[O-]. The van der Waals surface area contributed by atoms with E-state index < -0.39 is 16.7 Å². The molecule has 2 rings (SSSR count). The Hall–Kier alpha value is -3.19. The number of esters is 1. The lowest BCUT2D eigenvalue weighted by atomic mass is 10.1. The number of carbonyl (C=O) groups is 1. The summed E-state index contributed by atoms with van der Waals surface area (Å²) < 4.78 is 10.4. The molecule has 0 spiro atoms. The molecule has 2 aromatic heterocycles. The van der Waals surface area contributed by atoms with Crippen molar-refractivity contribution in [3.05, 3.63) is 43.9 Å². The summed E-state index contributed by atoms with van der Waals surface area (Å²) >= 11 is 0.913. The lowest BCUT2D eigenvalue weighted by molar-refractivity contribution is -0.390. The average Bonchev–Trinajstić information content (AvgIpc) is 2.89. The Morgan fingerprint density at radius 1 is 1.52 bits per heavy atom. The fraction of sp³-hybridized carbons (Fsp3) is 0.267. The molecule has 0 atom stereocenters. The van der Waals surface area contributed by atoms with Gasteiger partial charge in [0.25, 0.3) is 0 Å².